The number of halogens is 1. The first-order valence-corrected chi connectivity index (χ1v) is 8.91. The van der Waals surface area contributed by atoms with Gasteiger partial charge in [-0.1, -0.05) is 0 Å². The van der Waals surface area contributed by atoms with Gasteiger partial charge < -0.3 is 9.52 Å². The second-order valence-electron chi connectivity index (χ2n) is 3.73. The highest BCUT2D eigenvalue weighted by Gasteiger charge is 2.28. The maximum Gasteiger partial charge on any atom is 0.371 e. The first-order valence-electron chi connectivity index (χ1n) is 5.28. The average Bonchev–Trinajstić information content (AvgIpc) is 2.72. The first kappa shape index (κ1) is 16.5. The number of nitrogens with zero attached hydrogens (tertiary/aromatic N) is 1. The van der Waals surface area contributed by atoms with Crippen molar-refractivity contribution in [2.45, 2.75) is 11.3 Å². The van der Waals surface area contributed by atoms with Gasteiger partial charge in [-0.15, -0.1) is 0 Å². The van der Waals surface area contributed by atoms with Crippen LogP contribution in [0.3, 0.4) is 0 Å². The van der Waals surface area contributed by atoms with Crippen molar-refractivity contribution in [2.24, 2.45) is 0 Å². The molecule has 9 heteroatoms. The van der Waals surface area contributed by atoms with Crippen molar-refractivity contribution in [2.75, 3.05) is 25.6 Å². The molecule has 0 radical (unpaired) electrons. The van der Waals surface area contributed by atoms with Gasteiger partial charge in [0, 0.05) is 19.7 Å². The van der Waals surface area contributed by atoms with Gasteiger partial charge in [0.15, 0.2) is 4.67 Å². The smallest absolute Gasteiger partial charge is 0.371 e. The van der Waals surface area contributed by atoms with E-state index in [1.165, 1.54) is 11.4 Å². The Bertz CT molecular complexity index is 554. The van der Waals surface area contributed by atoms with Crippen molar-refractivity contribution in [1.29, 1.82) is 0 Å². The van der Waals surface area contributed by atoms with Crippen molar-refractivity contribution in [3.63, 3.8) is 0 Å². The van der Waals surface area contributed by atoms with Gasteiger partial charge >= 0.3 is 5.97 Å². The number of carboxylic acid groups (broad SMARTS) is 1. The van der Waals surface area contributed by atoms with E-state index in [-0.39, 0.29) is 9.56 Å². The van der Waals surface area contributed by atoms with Crippen LogP contribution in [0.25, 0.3) is 0 Å². The Labute approximate surface area is 124 Å². The molecule has 0 fully saturated rings. The summed E-state index contributed by atoms with van der Waals surface area (Å²) in [5.74, 6) is -0.873. The Kier molecular flexibility index (Phi) is 5.90. The van der Waals surface area contributed by atoms with Crippen molar-refractivity contribution >= 4 is 43.7 Å². The van der Waals surface area contributed by atoms with E-state index in [9.17, 15) is 13.2 Å². The van der Waals surface area contributed by atoms with Crippen LogP contribution in [0.15, 0.2) is 20.0 Å². The summed E-state index contributed by atoms with van der Waals surface area (Å²) in [6.07, 6.45) is 2.67. The zero-order chi connectivity index (χ0) is 14.6. The summed E-state index contributed by atoms with van der Waals surface area (Å²) in [4.78, 5) is 10.6. The summed E-state index contributed by atoms with van der Waals surface area (Å²) in [6.45, 7) is 0.364. The Morgan fingerprint density at radius 3 is 2.68 bits per heavy atom. The number of sulfonamides is 1. The van der Waals surface area contributed by atoms with Gasteiger partial charge in [0.2, 0.25) is 15.8 Å². The quantitative estimate of drug-likeness (QED) is 0.738. The van der Waals surface area contributed by atoms with Crippen molar-refractivity contribution in [1.82, 2.24) is 4.31 Å². The Balaban J connectivity index is 2.96. The molecule has 0 amide bonds. The van der Waals surface area contributed by atoms with Crippen molar-refractivity contribution in [3.8, 4) is 0 Å². The summed E-state index contributed by atoms with van der Waals surface area (Å²) in [7, 11) is -2.29. The lowest BCUT2D eigenvalue weighted by molar-refractivity contribution is 0.0661. The van der Waals surface area contributed by atoms with Crippen LogP contribution >= 0.6 is 27.7 Å². The molecule has 0 atom stereocenters. The van der Waals surface area contributed by atoms with Gasteiger partial charge in [-0.25, -0.2) is 17.5 Å². The van der Waals surface area contributed by atoms with E-state index in [0.717, 1.165) is 18.2 Å². The van der Waals surface area contributed by atoms with Gasteiger partial charge in [0.25, 0.3) is 0 Å². The number of furan rings is 1. The number of aromatic carboxylic acids is 1. The normalized spacial score (nSPS) is 12.0. The minimum Gasteiger partial charge on any atom is -0.475 e. The van der Waals surface area contributed by atoms with Crippen LogP contribution in [0, 0.1) is 0 Å². The molecule has 108 valence electrons. The van der Waals surface area contributed by atoms with Gasteiger partial charge in [-0.2, -0.15) is 11.8 Å². The van der Waals surface area contributed by atoms with E-state index in [1.807, 2.05) is 6.26 Å². The minimum absolute atomic E-state index is 0.0957. The van der Waals surface area contributed by atoms with E-state index in [2.05, 4.69) is 15.9 Å². The number of rotatable bonds is 7. The topological polar surface area (TPSA) is 87.8 Å². The average molecular weight is 372 g/mol. The third kappa shape index (κ3) is 3.98. The van der Waals surface area contributed by atoms with Crippen molar-refractivity contribution in [3.05, 3.63) is 16.5 Å². The molecule has 0 aliphatic heterocycles. The monoisotopic (exact) mass is 371 g/mol. The third-order valence-electron chi connectivity index (χ3n) is 2.38. The zero-order valence-corrected chi connectivity index (χ0v) is 13.6. The third-order valence-corrected chi connectivity index (χ3v) is 5.79. The lowest BCUT2D eigenvalue weighted by Crippen LogP contribution is -2.28. The van der Waals surface area contributed by atoms with E-state index < -0.39 is 21.8 Å². The van der Waals surface area contributed by atoms with E-state index in [1.54, 1.807) is 11.8 Å². The van der Waals surface area contributed by atoms with Crippen LogP contribution < -0.4 is 0 Å². The number of hydrogen-bond acceptors (Lipinski definition) is 5. The molecule has 0 saturated heterocycles. The van der Waals surface area contributed by atoms with Gasteiger partial charge in [0.1, 0.15) is 4.90 Å². The Hall–Kier alpha value is -0.510. The molecule has 0 spiro atoms. The minimum atomic E-state index is -3.74. The molecule has 1 N–H and O–H groups in total. The van der Waals surface area contributed by atoms with Crippen LogP contribution in [0.1, 0.15) is 17.0 Å². The maximum absolute atomic E-state index is 12.2. The predicted octanol–water partition coefficient (Wildman–Crippen LogP) is 2.11. The summed E-state index contributed by atoms with van der Waals surface area (Å²) < 4.78 is 30.4. The van der Waals surface area contributed by atoms with E-state index in [0.29, 0.717) is 6.54 Å². The molecule has 0 saturated carbocycles. The molecule has 0 bridgehead atoms. The van der Waals surface area contributed by atoms with Crippen LogP contribution in [0.4, 0.5) is 0 Å². The Morgan fingerprint density at radius 2 is 2.21 bits per heavy atom. The molecule has 1 aromatic heterocycles. The summed E-state index contributed by atoms with van der Waals surface area (Å²) in [5, 5.41) is 8.77. The number of carboxylic acids is 1. The first-order chi connectivity index (χ1) is 8.80. The van der Waals surface area contributed by atoms with Crippen LogP contribution in [-0.2, 0) is 10.0 Å². The largest absolute Gasteiger partial charge is 0.475 e. The van der Waals surface area contributed by atoms with Gasteiger partial charge in [0.05, 0.1) is 0 Å². The summed E-state index contributed by atoms with van der Waals surface area (Å²) >= 11 is 4.57. The Morgan fingerprint density at radius 1 is 1.58 bits per heavy atom. The highest BCUT2D eigenvalue weighted by Crippen LogP contribution is 2.28. The molecule has 6 nitrogen and oxygen atoms in total. The van der Waals surface area contributed by atoms with Crippen LogP contribution in [-0.4, -0.2) is 49.4 Å². The number of carbonyl (C=O) groups is 1. The molecule has 0 aromatic carbocycles. The second-order valence-corrected chi connectivity index (χ2v) is 7.45. The van der Waals surface area contributed by atoms with E-state index in [4.69, 9.17) is 9.52 Å². The highest BCUT2D eigenvalue weighted by molar-refractivity contribution is 9.10. The van der Waals surface area contributed by atoms with E-state index >= 15 is 0 Å². The standard InChI is InChI=1S/C10H14BrNO5S2/c1-12(4-3-5-18-2)19(15,16)8-6-7(10(13)14)17-9(8)11/h6H,3-5H2,1-2H3,(H,13,14). The second kappa shape index (κ2) is 6.78. The SMILES string of the molecule is CSCCCN(C)S(=O)(=O)c1cc(C(=O)O)oc1Br. The van der Waals surface area contributed by atoms with Gasteiger partial charge in [-0.05, 0) is 34.4 Å². The van der Waals surface area contributed by atoms with Crippen molar-refractivity contribution < 1.29 is 22.7 Å². The number of thioether (sulfide) groups is 1. The molecular weight excluding hydrogens is 358 g/mol. The lowest BCUT2D eigenvalue weighted by atomic mass is 10.5. The molecule has 0 aliphatic carbocycles. The fraction of sp³-hybridized carbons (Fsp3) is 0.500. The molecule has 1 rings (SSSR count). The van der Waals surface area contributed by atoms with Crippen LogP contribution in [0.5, 0.6) is 0 Å². The van der Waals surface area contributed by atoms with Crippen LogP contribution in [0.2, 0.25) is 0 Å². The molecule has 1 aromatic rings. The summed E-state index contributed by atoms with van der Waals surface area (Å²) in [6, 6.07) is 1.01. The highest BCUT2D eigenvalue weighted by atomic mass is 79.9. The number of hydrogen-bond donors (Lipinski definition) is 1. The molecule has 0 aliphatic rings. The maximum atomic E-state index is 12.2. The lowest BCUT2D eigenvalue weighted by Gasteiger charge is -2.15. The molecule has 1 heterocycles. The summed E-state index contributed by atoms with van der Waals surface area (Å²) in [5.41, 5.74) is 0. The molecule has 0 unspecified atom stereocenters. The molecule has 19 heavy (non-hydrogen) atoms. The fourth-order valence-corrected chi connectivity index (χ4v) is 3.88. The van der Waals surface area contributed by atoms with Gasteiger partial charge in [-0.3, -0.25) is 0 Å². The predicted molar refractivity (Wildman–Crippen MR) is 76.2 cm³/mol. The fourth-order valence-electron chi connectivity index (χ4n) is 1.35. The zero-order valence-electron chi connectivity index (χ0n) is 10.4. The molecular formula is C10H14BrNO5S2.